The number of aryl methyl sites for hydroxylation is 1. The van der Waals surface area contributed by atoms with E-state index in [-0.39, 0.29) is 18.0 Å². The van der Waals surface area contributed by atoms with Crippen LogP contribution in [-0.4, -0.2) is 48.6 Å². The van der Waals surface area contributed by atoms with E-state index in [1.807, 2.05) is 32.0 Å². The molecule has 0 aliphatic rings. The van der Waals surface area contributed by atoms with Crippen LogP contribution in [0, 0.1) is 6.92 Å². The van der Waals surface area contributed by atoms with E-state index in [0.29, 0.717) is 45.3 Å². The fourth-order valence-electron chi connectivity index (χ4n) is 3.88. The molecule has 0 fully saturated rings. The topological polar surface area (TPSA) is 129 Å². The molecule has 11 heteroatoms. The number of carbonyl (C=O) groups is 1. The Labute approximate surface area is 211 Å². The van der Waals surface area contributed by atoms with Gasteiger partial charge in [0, 0.05) is 11.6 Å². The van der Waals surface area contributed by atoms with E-state index in [1.165, 1.54) is 15.6 Å². The monoisotopic (exact) mass is 499 g/mol. The number of H-pyrrole nitrogens is 1. The summed E-state index contributed by atoms with van der Waals surface area (Å²) in [5.74, 6) is 1.37. The van der Waals surface area contributed by atoms with Crippen LogP contribution in [0.25, 0.3) is 22.7 Å². The molecule has 0 bridgehead atoms. The highest BCUT2D eigenvalue weighted by Gasteiger charge is 2.18. The third-order valence-electron chi connectivity index (χ3n) is 5.50. The number of aromatic amines is 1. The van der Waals surface area contributed by atoms with Crippen molar-refractivity contribution in [2.75, 3.05) is 12.4 Å². The lowest BCUT2D eigenvalue weighted by atomic mass is 10.2. The normalized spacial score (nSPS) is 11.2. The van der Waals surface area contributed by atoms with Gasteiger partial charge in [0.1, 0.15) is 28.4 Å². The molecule has 188 valence electrons. The smallest absolute Gasteiger partial charge is 0.263 e. The van der Waals surface area contributed by atoms with Gasteiger partial charge >= 0.3 is 0 Å². The number of methoxy groups -OCH3 is 1. The van der Waals surface area contributed by atoms with Crippen molar-refractivity contribution in [2.45, 2.75) is 26.9 Å². The van der Waals surface area contributed by atoms with Crippen LogP contribution in [0.2, 0.25) is 0 Å². The Morgan fingerprint density at radius 3 is 2.57 bits per heavy atom. The molecular weight excluding hydrogens is 474 g/mol. The molecule has 0 aliphatic heterocycles. The van der Waals surface area contributed by atoms with Crippen molar-refractivity contribution in [3.63, 3.8) is 0 Å². The first-order valence-corrected chi connectivity index (χ1v) is 11.6. The maximum Gasteiger partial charge on any atom is 0.263 e. The summed E-state index contributed by atoms with van der Waals surface area (Å²) >= 11 is 0. The number of carbonyl (C=O) groups excluding carboxylic acids is 1. The fourth-order valence-corrected chi connectivity index (χ4v) is 3.88. The van der Waals surface area contributed by atoms with Gasteiger partial charge in [-0.15, -0.1) is 0 Å². The van der Waals surface area contributed by atoms with Crippen molar-refractivity contribution >= 4 is 22.8 Å². The number of hydrogen-bond donors (Lipinski definition) is 2. The van der Waals surface area contributed by atoms with E-state index in [4.69, 9.17) is 9.47 Å². The largest absolute Gasteiger partial charge is 0.494 e. The van der Waals surface area contributed by atoms with Crippen LogP contribution >= 0.6 is 0 Å². The third-order valence-corrected chi connectivity index (χ3v) is 5.50. The van der Waals surface area contributed by atoms with Crippen molar-refractivity contribution in [1.29, 1.82) is 0 Å². The Morgan fingerprint density at radius 1 is 1.08 bits per heavy atom. The second-order valence-electron chi connectivity index (χ2n) is 8.58. The highest BCUT2D eigenvalue weighted by atomic mass is 16.5. The van der Waals surface area contributed by atoms with Crippen LogP contribution in [0.4, 0.5) is 5.82 Å². The number of ether oxygens (including phenoxy) is 2. The average Bonchev–Trinajstić information content (AvgIpc) is 3.47. The molecule has 0 spiro atoms. The van der Waals surface area contributed by atoms with E-state index in [2.05, 4.69) is 25.5 Å². The molecule has 1 amide bonds. The average molecular weight is 500 g/mol. The highest BCUT2D eigenvalue weighted by molar-refractivity contribution is 6.04. The molecule has 5 rings (SSSR count). The minimum absolute atomic E-state index is 0.0308. The SMILES string of the molecule is COc1ccccc1-n1ncc2c(=O)[nH]c(-n3nc(C)cc3NC(=O)c3ccc(OC(C)C)cc3)nc21. The van der Waals surface area contributed by atoms with Crippen molar-refractivity contribution < 1.29 is 14.3 Å². The molecule has 0 saturated heterocycles. The molecule has 0 radical (unpaired) electrons. The number of nitrogens with one attached hydrogen (secondary N) is 2. The molecule has 37 heavy (non-hydrogen) atoms. The number of hydrogen-bond acceptors (Lipinski definition) is 7. The molecule has 5 aromatic rings. The van der Waals surface area contributed by atoms with Crippen LogP contribution < -0.4 is 20.3 Å². The number of rotatable bonds is 7. The molecule has 2 aromatic carbocycles. The Bertz CT molecular complexity index is 1650. The van der Waals surface area contributed by atoms with Crippen LogP contribution in [0.1, 0.15) is 29.9 Å². The molecule has 0 unspecified atom stereocenters. The van der Waals surface area contributed by atoms with E-state index < -0.39 is 5.56 Å². The standard InChI is InChI=1S/C26H25N7O4/c1-15(2)37-18-11-9-17(10-12-18)24(34)28-22-13-16(3)31-33(22)26-29-23-19(25(35)30-26)14-27-32(23)20-7-5-6-8-21(20)36-4/h5-15H,1-4H3,(H,28,34)(H,29,30,35). The lowest BCUT2D eigenvalue weighted by molar-refractivity contribution is 0.102. The zero-order valence-electron chi connectivity index (χ0n) is 20.7. The van der Waals surface area contributed by atoms with E-state index >= 15 is 0 Å². The Balaban J connectivity index is 1.52. The number of nitrogens with zero attached hydrogens (tertiary/aromatic N) is 5. The molecule has 0 atom stereocenters. The third kappa shape index (κ3) is 4.66. The number of fused-ring (bicyclic) bond motifs is 1. The van der Waals surface area contributed by atoms with Crippen molar-refractivity contribution in [3.05, 3.63) is 82.4 Å². The van der Waals surface area contributed by atoms with Gasteiger partial charge in [-0.25, -0.2) is 4.68 Å². The van der Waals surface area contributed by atoms with Crippen LogP contribution in [0.5, 0.6) is 11.5 Å². The molecule has 0 aliphatic carbocycles. The van der Waals surface area contributed by atoms with Gasteiger partial charge in [-0.05, 0) is 57.2 Å². The van der Waals surface area contributed by atoms with Gasteiger partial charge in [0.25, 0.3) is 11.5 Å². The summed E-state index contributed by atoms with van der Waals surface area (Å²) < 4.78 is 14.0. The Hall–Kier alpha value is -4.93. The van der Waals surface area contributed by atoms with Crippen molar-refractivity contribution in [2.24, 2.45) is 0 Å². The van der Waals surface area contributed by atoms with Crippen LogP contribution in [-0.2, 0) is 0 Å². The number of anilines is 1. The number of aromatic nitrogens is 6. The van der Waals surface area contributed by atoms with E-state index in [0.717, 1.165) is 0 Å². The van der Waals surface area contributed by atoms with Gasteiger partial charge in [-0.1, -0.05) is 12.1 Å². The predicted molar refractivity (Wildman–Crippen MR) is 138 cm³/mol. The summed E-state index contributed by atoms with van der Waals surface area (Å²) in [6.45, 7) is 5.65. The fraction of sp³-hybridized carbons (Fsp3) is 0.192. The highest BCUT2D eigenvalue weighted by Crippen LogP contribution is 2.25. The summed E-state index contributed by atoms with van der Waals surface area (Å²) in [6.07, 6.45) is 1.48. The molecule has 11 nitrogen and oxygen atoms in total. The van der Waals surface area contributed by atoms with Gasteiger partial charge in [-0.2, -0.15) is 19.9 Å². The maximum absolute atomic E-state index is 13.0. The molecular formula is C26H25N7O4. The number of benzene rings is 2. The van der Waals surface area contributed by atoms with Gasteiger partial charge in [0.15, 0.2) is 5.65 Å². The van der Waals surface area contributed by atoms with Crippen molar-refractivity contribution in [1.82, 2.24) is 29.5 Å². The number of para-hydroxylation sites is 2. The lowest BCUT2D eigenvalue weighted by Crippen LogP contribution is -2.19. The second kappa shape index (κ2) is 9.61. The first kappa shape index (κ1) is 23.8. The Kier molecular flexibility index (Phi) is 6.18. The maximum atomic E-state index is 13.0. The van der Waals surface area contributed by atoms with E-state index in [1.54, 1.807) is 50.4 Å². The quantitative estimate of drug-likeness (QED) is 0.350. The zero-order valence-corrected chi connectivity index (χ0v) is 20.7. The zero-order chi connectivity index (χ0) is 26.1. The van der Waals surface area contributed by atoms with Gasteiger partial charge in [0.05, 0.1) is 25.1 Å². The molecule has 2 N–H and O–H groups in total. The van der Waals surface area contributed by atoms with Gasteiger partial charge in [0.2, 0.25) is 5.95 Å². The first-order valence-electron chi connectivity index (χ1n) is 11.6. The summed E-state index contributed by atoms with van der Waals surface area (Å²) in [5, 5.41) is 11.9. The summed E-state index contributed by atoms with van der Waals surface area (Å²) in [7, 11) is 1.56. The summed E-state index contributed by atoms with van der Waals surface area (Å²) in [5.41, 5.74) is 1.60. The molecule has 3 aromatic heterocycles. The predicted octanol–water partition coefficient (Wildman–Crippen LogP) is 3.65. The minimum atomic E-state index is -0.396. The molecule has 3 heterocycles. The minimum Gasteiger partial charge on any atom is -0.494 e. The second-order valence-corrected chi connectivity index (χ2v) is 8.58. The van der Waals surface area contributed by atoms with Crippen LogP contribution in [0.3, 0.4) is 0 Å². The molecule has 0 saturated carbocycles. The van der Waals surface area contributed by atoms with Gasteiger partial charge in [-0.3, -0.25) is 14.6 Å². The van der Waals surface area contributed by atoms with E-state index in [9.17, 15) is 9.59 Å². The van der Waals surface area contributed by atoms with Gasteiger partial charge < -0.3 is 14.8 Å². The summed E-state index contributed by atoms with van der Waals surface area (Å²) in [4.78, 5) is 33.3. The van der Waals surface area contributed by atoms with Crippen LogP contribution in [0.15, 0.2) is 65.6 Å². The number of amides is 1. The Morgan fingerprint density at radius 2 is 1.84 bits per heavy atom. The lowest BCUT2D eigenvalue weighted by Gasteiger charge is -2.11. The van der Waals surface area contributed by atoms with Crippen molar-refractivity contribution in [3.8, 4) is 23.1 Å². The summed E-state index contributed by atoms with van der Waals surface area (Å²) in [6, 6.07) is 15.8. The first-order chi connectivity index (χ1) is 17.8.